The van der Waals surface area contributed by atoms with E-state index in [1.807, 2.05) is 0 Å². The van der Waals surface area contributed by atoms with E-state index in [9.17, 15) is 4.79 Å². The number of likely N-dealkylation sites (N-methyl/N-ethyl adjacent to an activating group) is 1. The molecule has 92 valence electrons. The van der Waals surface area contributed by atoms with Crippen molar-refractivity contribution >= 4 is 5.97 Å². The number of nitriles is 1. The molecule has 1 aliphatic rings. The maximum absolute atomic E-state index is 10.1. The molecule has 0 spiro atoms. The lowest BCUT2D eigenvalue weighted by molar-refractivity contribution is 0.0662. The molecule has 1 saturated heterocycles. The highest BCUT2D eigenvalue weighted by Gasteiger charge is 2.07. The Morgan fingerprint density at radius 1 is 1.53 bits per heavy atom. The maximum atomic E-state index is 10.1. The van der Waals surface area contributed by atoms with Gasteiger partial charge in [-0.15, -0.1) is 0 Å². The maximum Gasteiger partial charge on any atom is 0.371 e. The predicted molar refractivity (Wildman–Crippen MR) is 60.7 cm³/mol. The molecule has 2 rings (SSSR count). The van der Waals surface area contributed by atoms with Gasteiger partial charge in [0.15, 0.2) is 0 Å². The number of furan rings is 1. The molecule has 0 amide bonds. The van der Waals surface area contributed by atoms with Crippen LogP contribution < -0.4 is 5.32 Å². The van der Waals surface area contributed by atoms with Crippen LogP contribution in [0.25, 0.3) is 0 Å². The molecule has 6 nitrogen and oxygen atoms in total. The first-order chi connectivity index (χ1) is 8.13. The quantitative estimate of drug-likeness (QED) is 0.733. The largest absolute Gasteiger partial charge is 0.475 e. The summed E-state index contributed by atoms with van der Waals surface area (Å²) in [6.45, 7) is 4.74. The fourth-order valence-electron chi connectivity index (χ4n) is 1.29. The Hall–Kier alpha value is -1.84. The minimum atomic E-state index is -1.17. The third kappa shape index (κ3) is 4.68. The van der Waals surface area contributed by atoms with Crippen molar-refractivity contribution in [1.29, 1.82) is 5.26 Å². The lowest BCUT2D eigenvalue weighted by Gasteiger charge is -2.21. The zero-order valence-corrected chi connectivity index (χ0v) is 9.64. The Bertz CT molecular complexity index is 402. The number of hydrogen-bond acceptors (Lipinski definition) is 5. The molecule has 1 fully saturated rings. The fourth-order valence-corrected chi connectivity index (χ4v) is 1.29. The Kier molecular flexibility index (Phi) is 5.20. The van der Waals surface area contributed by atoms with Crippen molar-refractivity contribution in [3.8, 4) is 6.07 Å². The van der Waals surface area contributed by atoms with Gasteiger partial charge in [-0.1, -0.05) is 0 Å². The highest BCUT2D eigenvalue weighted by atomic mass is 16.4. The van der Waals surface area contributed by atoms with Gasteiger partial charge >= 0.3 is 5.97 Å². The van der Waals surface area contributed by atoms with Crippen molar-refractivity contribution in [1.82, 2.24) is 10.2 Å². The molecule has 0 aromatic carbocycles. The summed E-state index contributed by atoms with van der Waals surface area (Å²) < 4.78 is 4.53. The van der Waals surface area contributed by atoms with Gasteiger partial charge in [-0.2, -0.15) is 5.26 Å². The highest BCUT2D eigenvalue weighted by molar-refractivity contribution is 5.84. The summed E-state index contributed by atoms with van der Waals surface area (Å²) >= 11 is 0. The summed E-state index contributed by atoms with van der Waals surface area (Å²) in [5, 5.41) is 19.8. The van der Waals surface area contributed by atoms with E-state index in [0.717, 1.165) is 13.1 Å². The second-order valence-corrected chi connectivity index (χ2v) is 3.63. The first kappa shape index (κ1) is 13.2. The van der Waals surface area contributed by atoms with E-state index in [4.69, 9.17) is 10.4 Å². The predicted octanol–water partition coefficient (Wildman–Crippen LogP) is 0.371. The van der Waals surface area contributed by atoms with Gasteiger partial charge in [0.2, 0.25) is 11.5 Å². The number of carboxylic acids is 1. The van der Waals surface area contributed by atoms with Crippen LogP contribution in [0.15, 0.2) is 16.5 Å². The van der Waals surface area contributed by atoms with E-state index in [2.05, 4.69) is 21.7 Å². The molecule has 1 aliphatic heterocycles. The summed E-state index contributed by atoms with van der Waals surface area (Å²) in [6.07, 6.45) is 0. The standard InChI is InChI=1S/C6H3NO3.C5H12N2/c7-3-4-1-2-5(10-4)6(8)9;1-7-4-2-6-3-5-7/h1-2H,(H,8,9);6H,2-5H2,1H3. The Balaban J connectivity index is 0.000000181. The summed E-state index contributed by atoms with van der Waals surface area (Å²) in [5.41, 5.74) is 0. The van der Waals surface area contributed by atoms with E-state index in [1.54, 1.807) is 6.07 Å². The first-order valence-electron chi connectivity index (χ1n) is 5.26. The Morgan fingerprint density at radius 2 is 2.18 bits per heavy atom. The number of carbonyl (C=O) groups is 1. The zero-order chi connectivity index (χ0) is 12.7. The summed E-state index contributed by atoms with van der Waals surface area (Å²) in [4.78, 5) is 12.5. The topological polar surface area (TPSA) is 89.5 Å². The molecule has 0 radical (unpaired) electrons. The first-order valence-corrected chi connectivity index (χ1v) is 5.26. The lowest BCUT2D eigenvalue weighted by Crippen LogP contribution is -2.40. The average molecular weight is 237 g/mol. The number of aromatic carboxylic acids is 1. The van der Waals surface area contributed by atoms with Crippen LogP contribution >= 0.6 is 0 Å². The number of piperazine rings is 1. The van der Waals surface area contributed by atoms with Gasteiger partial charge in [-0.3, -0.25) is 0 Å². The minimum absolute atomic E-state index is 0.0115. The molecule has 17 heavy (non-hydrogen) atoms. The van der Waals surface area contributed by atoms with Crippen LogP contribution in [0.1, 0.15) is 16.3 Å². The third-order valence-electron chi connectivity index (χ3n) is 2.27. The van der Waals surface area contributed by atoms with Crippen molar-refractivity contribution in [2.24, 2.45) is 0 Å². The SMILES string of the molecule is CN1CCNCC1.N#Cc1ccc(C(=O)O)o1. The van der Waals surface area contributed by atoms with Crippen molar-refractivity contribution < 1.29 is 14.3 Å². The summed E-state index contributed by atoms with van der Waals surface area (Å²) in [7, 11) is 2.15. The lowest BCUT2D eigenvalue weighted by atomic mass is 10.4. The zero-order valence-electron chi connectivity index (χ0n) is 9.64. The van der Waals surface area contributed by atoms with E-state index < -0.39 is 5.97 Å². The molecule has 0 saturated carbocycles. The van der Waals surface area contributed by atoms with E-state index in [0.29, 0.717) is 0 Å². The second-order valence-electron chi connectivity index (χ2n) is 3.63. The highest BCUT2D eigenvalue weighted by Crippen LogP contribution is 2.05. The van der Waals surface area contributed by atoms with Crippen LogP contribution in [-0.2, 0) is 0 Å². The average Bonchev–Trinajstić information content (AvgIpc) is 2.79. The van der Waals surface area contributed by atoms with Gasteiger partial charge in [0.1, 0.15) is 6.07 Å². The molecule has 0 unspecified atom stereocenters. The van der Waals surface area contributed by atoms with Crippen LogP contribution in [-0.4, -0.2) is 49.2 Å². The van der Waals surface area contributed by atoms with Crippen LogP contribution in [0.3, 0.4) is 0 Å². The van der Waals surface area contributed by atoms with Crippen molar-refractivity contribution in [3.05, 3.63) is 23.7 Å². The fraction of sp³-hybridized carbons (Fsp3) is 0.455. The van der Waals surface area contributed by atoms with Gasteiger partial charge in [-0.05, 0) is 19.2 Å². The van der Waals surface area contributed by atoms with Crippen LogP contribution in [0.4, 0.5) is 0 Å². The minimum Gasteiger partial charge on any atom is -0.475 e. The van der Waals surface area contributed by atoms with Gasteiger partial charge in [0.25, 0.3) is 0 Å². The molecular formula is C11H15N3O3. The summed E-state index contributed by atoms with van der Waals surface area (Å²) in [5.74, 6) is -1.37. The van der Waals surface area contributed by atoms with E-state index >= 15 is 0 Å². The van der Waals surface area contributed by atoms with Crippen molar-refractivity contribution in [3.63, 3.8) is 0 Å². The molecule has 1 aromatic rings. The Morgan fingerprint density at radius 3 is 2.47 bits per heavy atom. The Labute approximate surface area is 99.4 Å². The van der Waals surface area contributed by atoms with Gasteiger partial charge < -0.3 is 19.7 Å². The van der Waals surface area contributed by atoms with E-state index in [-0.39, 0.29) is 11.5 Å². The van der Waals surface area contributed by atoms with Gasteiger partial charge in [-0.25, -0.2) is 4.79 Å². The molecule has 2 N–H and O–H groups in total. The molecule has 2 heterocycles. The summed E-state index contributed by atoms with van der Waals surface area (Å²) in [6, 6.07) is 4.22. The van der Waals surface area contributed by atoms with E-state index in [1.165, 1.54) is 25.2 Å². The number of hydrogen-bond donors (Lipinski definition) is 2. The molecule has 0 aliphatic carbocycles. The monoisotopic (exact) mass is 237 g/mol. The van der Waals surface area contributed by atoms with Crippen LogP contribution in [0, 0.1) is 11.3 Å². The van der Waals surface area contributed by atoms with Crippen LogP contribution in [0.2, 0.25) is 0 Å². The molecular weight excluding hydrogens is 222 g/mol. The molecule has 0 atom stereocenters. The number of carboxylic acid groups (broad SMARTS) is 1. The number of nitrogens with one attached hydrogen (secondary N) is 1. The van der Waals surface area contributed by atoms with Crippen molar-refractivity contribution in [2.75, 3.05) is 33.2 Å². The van der Waals surface area contributed by atoms with Gasteiger partial charge in [0.05, 0.1) is 0 Å². The number of rotatable bonds is 1. The van der Waals surface area contributed by atoms with Gasteiger partial charge in [0, 0.05) is 26.2 Å². The smallest absolute Gasteiger partial charge is 0.371 e. The molecule has 0 bridgehead atoms. The number of nitrogens with zero attached hydrogens (tertiary/aromatic N) is 2. The third-order valence-corrected chi connectivity index (χ3v) is 2.27. The molecule has 1 aromatic heterocycles. The second kappa shape index (κ2) is 6.68. The molecule has 6 heteroatoms. The van der Waals surface area contributed by atoms with Crippen LogP contribution in [0.5, 0.6) is 0 Å². The normalized spacial score (nSPS) is 15.5. The van der Waals surface area contributed by atoms with Crippen molar-refractivity contribution in [2.45, 2.75) is 0 Å².